The van der Waals surface area contributed by atoms with Crippen LogP contribution in [-0.4, -0.2) is 53.5 Å². The molecule has 2 aromatic rings. The highest BCUT2D eigenvalue weighted by Crippen LogP contribution is 2.30. The maximum absolute atomic E-state index is 13.3. The maximum Gasteiger partial charge on any atom is 0.269 e. The van der Waals surface area contributed by atoms with Gasteiger partial charge in [0.2, 0.25) is 11.8 Å². The number of nitrogens with one attached hydrogen (secondary N) is 1. The summed E-state index contributed by atoms with van der Waals surface area (Å²) in [5.74, 6) is -1.54. The first-order valence-electron chi connectivity index (χ1n) is 10.9. The van der Waals surface area contributed by atoms with E-state index in [0.29, 0.717) is 19.9 Å². The highest BCUT2D eigenvalue weighted by molar-refractivity contribution is 7.90. The average Bonchev–Trinajstić information content (AvgIpc) is 2.96. The molecule has 8 nitrogen and oxygen atoms in total. The van der Waals surface area contributed by atoms with Crippen LogP contribution in [0.15, 0.2) is 47.4 Å². The van der Waals surface area contributed by atoms with Crippen LogP contribution in [0.4, 0.5) is 0 Å². The first-order valence-corrected chi connectivity index (χ1v) is 13.1. The van der Waals surface area contributed by atoms with Crippen molar-refractivity contribution in [1.29, 1.82) is 0 Å². The molecule has 1 heterocycles. The molecular formula is C24H27Cl2N3O5S. The molecule has 1 aliphatic rings. The van der Waals surface area contributed by atoms with E-state index >= 15 is 0 Å². The maximum atomic E-state index is 13.3. The van der Waals surface area contributed by atoms with Crippen molar-refractivity contribution in [2.75, 3.05) is 6.54 Å². The van der Waals surface area contributed by atoms with Crippen LogP contribution in [0.5, 0.6) is 0 Å². The number of amides is 3. The van der Waals surface area contributed by atoms with Crippen molar-refractivity contribution in [2.24, 2.45) is 0 Å². The molecule has 0 saturated carbocycles. The molecule has 3 amide bonds. The molecule has 1 atom stereocenters. The lowest BCUT2D eigenvalue weighted by atomic mass is 10.1. The molecule has 0 spiro atoms. The zero-order chi connectivity index (χ0) is 26.1. The summed E-state index contributed by atoms with van der Waals surface area (Å²) < 4.78 is 26.4. The van der Waals surface area contributed by atoms with Crippen molar-refractivity contribution in [2.45, 2.75) is 57.1 Å². The molecule has 35 heavy (non-hydrogen) atoms. The van der Waals surface area contributed by atoms with Crippen LogP contribution in [-0.2, 0) is 26.2 Å². The summed E-state index contributed by atoms with van der Waals surface area (Å²) in [7, 11) is -4.05. The number of hydrogen-bond donors (Lipinski definition) is 1. The fourth-order valence-electron chi connectivity index (χ4n) is 3.68. The normalized spacial score (nSPS) is 15.5. The topological polar surface area (TPSA) is 104 Å². The molecular weight excluding hydrogens is 513 g/mol. The van der Waals surface area contributed by atoms with Crippen molar-refractivity contribution in [3.05, 3.63) is 63.6 Å². The summed E-state index contributed by atoms with van der Waals surface area (Å²) >= 11 is 12.1. The van der Waals surface area contributed by atoms with E-state index in [4.69, 9.17) is 23.2 Å². The van der Waals surface area contributed by atoms with Crippen LogP contribution in [0.3, 0.4) is 0 Å². The smallest absolute Gasteiger partial charge is 0.269 e. The van der Waals surface area contributed by atoms with E-state index in [1.807, 2.05) is 20.8 Å². The highest BCUT2D eigenvalue weighted by atomic mass is 35.5. The van der Waals surface area contributed by atoms with E-state index in [9.17, 15) is 22.8 Å². The third-order valence-electron chi connectivity index (χ3n) is 5.44. The lowest BCUT2D eigenvalue weighted by Gasteiger charge is -2.32. The number of carbonyl (C=O) groups excluding carboxylic acids is 3. The van der Waals surface area contributed by atoms with Gasteiger partial charge in [-0.05, 0) is 57.5 Å². The van der Waals surface area contributed by atoms with E-state index in [1.54, 1.807) is 31.2 Å². The van der Waals surface area contributed by atoms with Crippen LogP contribution < -0.4 is 5.32 Å². The molecule has 1 aliphatic heterocycles. The fourth-order valence-corrected chi connectivity index (χ4v) is 5.57. The molecule has 11 heteroatoms. The molecule has 3 rings (SSSR count). The summed E-state index contributed by atoms with van der Waals surface area (Å²) in [6, 6.07) is 9.92. The average molecular weight is 540 g/mol. The summed E-state index contributed by atoms with van der Waals surface area (Å²) in [6.45, 7) is 6.75. The Kier molecular flexibility index (Phi) is 7.83. The molecule has 0 saturated heterocycles. The number of carbonyl (C=O) groups is 3. The standard InChI is InChI=1S/C24H27Cl2N3O5S/c1-15(22(31)27-24(2,3)4)28(14-16-9-10-18(25)19(26)13-16)21(30)11-12-29-23(32)17-7-5-6-8-20(17)35(29,33)34/h5-10,13,15H,11-12,14H2,1-4H3,(H,27,31)/t15-/m0/s1. The predicted octanol–water partition coefficient (Wildman–Crippen LogP) is 3.86. The molecule has 0 bridgehead atoms. The van der Waals surface area contributed by atoms with Gasteiger partial charge in [-0.25, -0.2) is 12.7 Å². The highest BCUT2D eigenvalue weighted by Gasteiger charge is 2.41. The third-order valence-corrected chi connectivity index (χ3v) is 8.02. The van der Waals surface area contributed by atoms with Gasteiger partial charge in [0, 0.05) is 25.0 Å². The Labute approximate surface area is 215 Å². The van der Waals surface area contributed by atoms with Gasteiger partial charge in [0.1, 0.15) is 10.9 Å². The van der Waals surface area contributed by atoms with Gasteiger partial charge < -0.3 is 10.2 Å². The largest absolute Gasteiger partial charge is 0.350 e. The fraction of sp³-hybridized carbons (Fsp3) is 0.375. The van der Waals surface area contributed by atoms with E-state index in [1.165, 1.54) is 23.1 Å². The number of nitrogens with zero attached hydrogens (tertiary/aromatic N) is 2. The van der Waals surface area contributed by atoms with E-state index in [2.05, 4.69) is 5.32 Å². The lowest BCUT2D eigenvalue weighted by Crippen LogP contribution is -2.52. The zero-order valence-electron chi connectivity index (χ0n) is 19.8. The second-order valence-corrected chi connectivity index (χ2v) is 12.0. The van der Waals surface area contributed by atoms with Crippen molar-refractivity contribution in [3.63, 3.8) is 0 Å². The van der Waals surface area contributed by atoms with Crippen molar-refractivity contribution < 1.29 is 22.8 Å². The molecule has 0 fully saturated rings. The number of sulfonamides is 1. The van der Waals surface area contributed by atoms with E-state index in [-0.39, 0.29) is 35.9 Å². The minimum absolute atomic E-state index is 0.0371. The first-order chi connectivity index (χ1) is 16.2. The summed E-state index contributed by atoms with van der Waals surface area (Å²) in [5, 5.41) is 3.50. The second kappa shape index (κ2) is 10.2. The van der Waals surface area contributed by atoms with Gasteiger partial charge >= 0.3 is 0 Å². The van der Waals surface area contributed by atoms with Crippen molar-refractivity contribution >= 4 is 50.9 Å². The van der Waals surface area contributed by atoms with Crippen molar-refractivity contribution in [1.82, 2.24) is 14.5 Å². The van der Waals surface area contributed by atoms with Crippen LogP contribution in [0.2, 0.25) is 10.0 Å². The van der Waals surface area contributed by atoms with E-state index in [0.717, 1.165) is 0 Å². The summed E-state index contributed by atoms with van der Waals surface area (Å²) in [5.41, 5.74) is 0.192. The Hall–Kier alpha value is -2.62. The van der Waals surface area contributed by atoms with Gasteiger partial charge in [0.15, 0.2) is 0 Å². The van der Waals surface area contributed by atoms with Gasteiger partial charge in [0.25, 0.3) is 15.9 Å². The lowest BCUT2D eigenvalue weighted by molar-refractivity contribution is -0.141. The van der Waals surface area contributed by atoms with Gasteiger partial charge in [-0.1, -0.05) is 41.4 Å². The van der Waals surface area contributed by atoms with Crippen LogP contribution in [0.25, 0.3) is 0 Å². The Bertz CT molecular complexity index is 1270. The van der Waals surface area contributed by atoms with Gasteiger partial charge in [0.05, 0.1) is 15.6 Å². The van der Waals surface area contributed by atoms with Gasteiger partial charge in [-0.2, -0.15) is 0 Å². The zero-order valence-corrected chi connectivity index (χ0v) is 22.2. The predicted molar refractivity (Wildman–Crippen MR) is 134 cm³/mol. The number of rotatable bonds is 7. The molecule has 1 N–H and O–H groups in total. The molecule has 0 aliphatic carbocycles. The van der Waals surface area contributed by atoms with Crippen LogP contribution >= 0.6 is 23.2 Å². The summed E-state index contributed by atoms with van der Waals surface area (Å²) in [6.07, 6.45) is -0.298. The van der Waals surface area contributed by atoms with Crippen LogP contribution in [0.1, 0.15) is 50.0 Å². The molecule has 2 aromatic carbocycles. The minimum Gasteiger partial charge on any atom is -0.350 e. The Morgan fingerprint density at radius 2 is 1.74 bits per heavy atom. The second-order valence-electron chi connectivity index (χ2n) is 9.31. The van der Waals surface area contributed by atoms with Crippen LogP contribution in [0, 0.1) is 0 Å². The molecule has 0 radical (unpaired) electrons. The van der Waals surface area contributed by atoms with Gasteiger partial charge in [-0.15, -0.1) is 0 Å². The Morgan fingerprint density at radius 1 is 1.09 bits per heavy atom. The molecule has 0 unspecified atom stereocenters. The van der Waals surface area contributed by atoms with Gasteiger partial charge in [-0.3, -0.25) is 14.4 Å². The third kappa shape index (κ3) is 5.97. The number of fused-ring (bicyclic) bond motifs is 1. The minimum atomic E-state index is -4.05. The number of hydrogen-bond acceptors (Lipinski definition) is 5. The molecule has 188 valence electrons. The quantitative estimate of drug-likeness (QED) is 0.575. The summed E-state index contributed by atoms with van der Waals surface area (Å²) in [4.78, 5) is 40.1. The number of benzene rings is 2. The monoisotopic (exact) mass is 539 g/mol. The number of halogens is 2. The van der Waals surface area contributed by atoms with E-state index < -0.39 is 33.4 Å². The Balaban J connectivity index is 1.83. The first kappa shape index (κ1) is 27.0. The molecule has 0 aromatic heterocycles. The SMILES string of the molecule is C[C@@H](C(=O)NC(C)(C)C)N(Cc1ccc(Cl)c(Cl)c1)C(=O)CCN1C(=O)c2ccccc2S1(=O)=O. The van der Waals surface area contributed by atoms with Crippen molar-refractivity contribution in [3.8, 4) is 0 Å². The Morgan fingerprint density at radius 3 is 2.34 bits per heavy atom.